The summed E-state index contributed by atoms with van der Waals surface area (Å²) in [7, 11) is 0. The fraction of sp³-hybridized carbons (Fsp3) is 0.320. The zero-order valence-electron chi connectivity index (χ0n) is 17.3. The minimum atomic E-state index is -0.746. The number of aliphatic carboxylic acids is 1. The Morgan fingerprint density at radius 1 is 1.28 bits per heavy atom. The number of halogens is 1. The van der Waals surface area contributed by atoms with Crippen LogP contribution in [0.25, 0.3) is 0 Å². The minimum absolute atomic E-state index is 0.0997. The van der Waals surface area contributed by atoms with Crippen LogP contribution in [-0.2, 0) is 4.79 Å². The molecule has 1 aliphatic carbocycles. The topological polar surface area (TPSA) is 37.3 Å². The first-order chi connectivity index (χ1) is 13.9. The molecule has 0 saturated heterocycles. The number of hydrogen-bond donors (Lipinski definition) is 1. The number of benzene rings is 1. The van der Waals surface area contributed by atoms with E-state index in [1.165, 1.54) is 14.7 Å². The monoisotopic (exact) mass is 519 g/mol. The van der Waals surface area contributed by atoms with Crippen molar-refractivity contribution in [3.63, 3.8) is 0 Å². The molecule has 0 fully saturated rings. The summed E-state index contributed by atoms with van der Waals surface area (Å²) in [6.45, 7) is 8.59. The molecule has 29 heavy (non-hydrogen) atoms. The van der Waals surface area contributed by atoms with Gasteiger partial charge in [-0.2, -0.15) is 0 Å². The van der Waals surface area contributed by atoms with Crippen LogP contribution >= 0.6 is 11.8 Å². The number of rotatable bonds is 6. The molecule has 0 aromatic heterocycles. The molecule has 0 spiro atoms. The molecule has 3 atom stereocenters. The fourth-order valence-electron chi connectivity index (χ4n) is 3.44. The van der Waals surface area contributed by atoms with Gasteiger partial charge in [-0.3, -0.25) is 0 Å². The van der Waals surface area contributed by atoms with Crippen LogP contribution in [0, 0.1) is 18.8 Å². The molecule has 0 saturated carbocycles. The summed E-state index contributed by atoms with van der Waals surface area (Å²) in [6, 6.07) is 8.10. The molecule has 1 heterocycles. The maximum atomic E-state index is 12.0. The predicted molar refractivity (Wildman–Crippen MR) is 119 cm³/mol. The number of alkyl halides is 1. The summed E-state index contributed by atoms with van der Waals surface area (Å²) in [5, 5.41) is 12.2. The van der Waals surface area contributed by atoms with E-state index in [-0.39, 0.29) is 27.1 Å². The molecule has 1 N–H and O–H groups in total. The fourth-order valence-corrected chi connectivity index (χ4v) is 8.74. The van der Waals surface area contributed by atoms with E-state index in [0.717, 1.165) is 11.1 Å². The SMILES string of the molecule is C/C(=C\C=C/C(C)C)C1=CSC(C2=CC(C(=O)O)C(c3ccccc3C)C=C2)[I-]1. The molecule has 1 aromatic rings. The van der Waals surface area contributed by atoms with Crippen LogP contribution in [0.5, 0.6) is 0 Å². The number of carboxylic acid groups (broad SMARTS) is 1. The summed E-state index contributed by atoms with van der Waals surface area (Å²) >= 11 is 1.65. The van der Waals surface area contributed by atoms with Crippen LogP contribution < -0.4 is 21.2 Å². The molecule has 154 valence electrons. The third-order valence-corrected chi connectivity index (χ3v) is 11.0. The molecule has 4 heteroatoms. The zero-order valence-corrected chi connectivity index (χ0v) is 20.3. The van der Waals surface area contributed by atoms with Crippen LogP contribution in [-0.4, -0.2) is 14.3 Å². The van der Waals surface area contributed by atoms with E-state index in [2.05, 4.69) is 75.6 Å². The quantitative estimate of drug-likeness (QED) is 0.356. The number of aryl methyl sites for hydroxylation is 1. The second-order valence-corrected chi connectivity index (χ2v) is 12.6. The van der Waals surface area contributed by atoms with Crippen LogP contribution in [0.4, 0.5) is 0 Å². The molecule has 3 unspecified atom stereocenters. The molecule has 1 aliphatic heterocycles. The molecule has 1 aromatic carbocycles. The first-order valence-corrected chi connectivity index (χ1v) is 13.2. The third-order valence-electron chi connectivity index (χ3n) is 5.08. The van der Waals surface area contributed by atoms with Crippen molar-refractivity contribution >= 4 is 17.7 Å². The molecule has 2 aliphatic rings. The van der Waals surface area contributed by atoms with E-state index < -0.39 is 11.9 Å². The summed E-state index contributed by atoms with van der Waals surface area (Å²) in [5.74, 6) is -0.794. The van der Waals surface area contributed by atoms with Gasteiger partial charge in [0.25, 0.3) is 0 Å². The Bertz CT molecular complexity index is 921. The maximum absolute atomic E-state index is 12.0. The van der Waals surface area contributed by atoms with Gasteiger partial charge in [0.1, 0.15) is 0 Å². The van der Waals surface area contributed by atoms with Gasteiger partial charge in [0.05, 0.1) is 0 Å². The number of carboxylic acids is 1. The molecule has 0 bridgehead atoms. The Morgan fingerprint density at radius 3 is 2.72 bits per heavy atom. The molecule has 0 radical (unpaired) electrons. The normalized spacial score (nSPS) is 25.1. The van der Waals surface area contributed by atoms with E-state index in [1.54, 1.807) is 0 Å². The van der Waals surface area contributed by atoms with Crippen molar-refractivity contribution in [2.75, 3.05) is 0 Å². The van der Waals surface area contributed by atoms with Crippen molar-refractivity contribution < 1.29 is 31.1 Å². The van der Waals surface area contributed by atoms with Crippen LogP contribution in [0.2, 0.25) is 0 Å². The number of thioether (sulfide) groups is 1. The second kappa shape index (κ2) is 9.98. The summed E-state index contributed by atoms with van der Waals surface area (Å²) < 4.78 is 1.85. The van der Waals surface area contributed by atoms with Crippen molar-refractivity contribution in [2.45, 2.75) is 36.9 Å². The van der Waals surface area contributed by atoms with Gasteiger partial charge in [-0.15, -0.1) is 0 Å². The van der Waals surface area contributed by atoms with E-state index in [9.17, 15) is 9.90 Å². The third kappa shape index (κ3) is 5.54. The molecule has 0 amide bonds. The standard InChI is InChI=1S/C25H28IO2S/c1-16(2)8-7-10-18(4)23-15-29-24(26-23)19-12-13-21(22(14-19)25(27)28)20-11-6-5-9-17(20)3/h5-16,21-22,24H,1-4H3,(H,27,28)/q-1/b8-7-,18-10+. The van der Waals surface area contributed by atoms with Gasteiger partial charge in [-0.1, -0.05) is 0 Å². The Labute approximate surface area is 188 Å². The van der Waals surface area contributed by atoms with Crippen LogP contribution in [0.1, 0.15) is 37.8 Å². The van der Waals surface area contributed by atoms with E-state index in [0.29, 0.717) is 9.17 Å². The van der Waals surface area contributed by atoms with Gasteiger partial charge >= 0.3 is 190 Å². The van der Waals surface area contributed by atoms with Crippen molar-refractivity contribution in [3.8, 4) is 0 Å². The van der Waals surface area contributed by atoms with E-state index >= 15 is 0 Å². The van der Waals surface area contributed by atoms with E-state index in [1.807, 2.05) is 30.0 Å². The molecular formula is C25H28IO2S-. The van der Waals surface area contributed by atoms with Crippen LogP contribution in [0.3, 0.4) is 0 Å². The molecule has 3 rings (SSSR count). The first-order valence-electron chi connectivity index (χ1n) is 9.89. The van der Waals surface area contributed by atoms with Gasteiger partial charge in [-0.25, -0.2) is 0 Å². The number of hydrogen-bond acceptors (Lipinski definition) is 2. The zero-order chi connectivity index (χ0) is 21.0. The van der Waals surface area contributed by atoms with E-state index in [4.69, 9.17) is 0 Å². The predicted octanol–water partition coefficient (Wildman–Crippen LogP) is 3.44. The van der Waals surface area contributed by atoms with Crippen LogP contribution in [0.15, 0.2) is 80.9 Å². The van der Waals surface area contributed by atoms with Crippen molar-refractivity contribution in [3.05, 3.63) is 92.0 Å². The van der Waals surface area contributed by atoms with Crippen molar-refractivity contribution in [2.24, 2.45) is 11.8 Å². The van der Waals surface area contributed by atoms with Gasteiger partial charge < -0.3 is 0 Å². The Hall–Kier alpha value is -1.53. The average Bonchev–Trinajstić information content (AvgIpc) is 3.18. The van der Waals surface area contributed by atoms with Gasteiger partial charge in [0.2, 0.25) is 0 Å². The first kappa shape index (κ1) is 22.2. The Morgan fingerprint density at radius 2 is 2.03 bits per heavy atom. The molecule has 2 nitrogen and oxygen atoms in total. The summed E-state index contributed by atoms with van der Waals surface area (Å²) in [6.07, 6.45) is 12.8. The molecular weight excluding hydrogens is 491 g/mol. The Balaban J connectivity index is 1.75. The second-order valence-electron chi connectivity index (χ2n) is 7.78. The van der Waals surface area contributed by atoms with Crippen molar-refractivity contribution in [1.29, 1.82) is 0 Å². The number of carbonyl (C=O) groups is 1. The average molecular weight is 519 g/mol. The summed E-state index contributed by atoms with van der Waals surface area (Å²) in [4.78, 5) is 12.0. The van der Waals surface area contributed by atoms with Gasteiger partial charge in [0, 0.05) is 0 Å². The van der Waals surface area contributed by atoms with Gasteiger partial charge in [-0.05, 0) is 0 Å². The van der Waals surface area contributed by atoms with Crippen molar-refractivity contribution in [1.82, 2.24) is 0 Å². The summed E-state index contributed by atoms with van der Waals surface area (Å²) in [5.41, 5.74) is 4.76. The Kier molecular flexibility index (Phi) is 7.63. The van der Waals surface area contributed by atoms with Gasteiger partial charge in [0.15, 0.2) is 0 Å². The number of allylic oxidation sites excluding steroid dienone is 7.